The number of carbonyl (C=O) groups is 1. The number of carboxylic acid groups (broad SMARTS) is 1. The summed E-state index contributed by atoms with van der Waals surface area (Å²) >= 11 is 3.30. The van der Waals surface area contributed by atoms with E-state index in [1.54, 1.807) is 12.1 Å². The molecule has 0 aromatic heterocycles. The third-order valence-electron chi connectivity index (χ3n) is 2.20. The summed E-state index contributed by atoms with van der Waals surface area (Å²) in [6, 6.07) is 7.21. The number of aliphatic carboxylic acids is 1. The number of carboxylic acids is 1. The maximum absolute atomic E-state index is 10.8. The first-order chi connectivity index (χ1) is 6.62. The van der Waals surface area contributed by atoms with E-state index in [0.717, 1.165) is 4.47 Å². The smallest absolute Gasteiger partial charge is 0.348 e. The summed E-state index contributed by atoms with van der Waals surface area (Å²) < 4.78 is 6.31. The maximum atomic E-state index is 10.8. The average Bonchev–Trinajstić information content (AvgIpc) is 2.85. The highest BCUT2D eigenvalue weighted by atomic mass is 79.9. The van der Waals surface area contributed by atoms with Gasteiger partial charge in [-0.3, -0.25) is 0 Å². The van der Waals surface area contributed by atoms with E-state index >= 15 is 0 Å². The first-order valence-electron chi connectivity index (χ1n) is 4.30. The molecule has 0 radical (unpaired) electrons. The van der Waals surface area contributed by atoms with Crippen LogP contribution in [-0.4, -0.2) is 16.7 Å². The summed E-state index contributed by atoms with van der Waals surface area (Å²) in [6.45, 7) is 0. The van der Waals surface area contributed by atoms with Gasteiger partial charge in [0.25, 0.3) is 0 Å². The van der Waals surface area contributed by atoms with Gasteiger partial charge in [0.1, 0.15) is 5.75 Å². The lowest BCUT2D eigenvalue weighted by Gasteiger charge is -2.13. The molecule has 74 valence electrons. The molecule has 0 heterocycles. The van der Waals surface area contributed by atoms with E-state index in [9.17, 15) is 4.79 Å². The van der Waals surface area contributed by atoms with Crippen LogP contribution < -0.4 is 4.74 Å². The molecule has 0 unspecified atom stereocenters. The van der Waals surface area contributed by atoms with Crippen LogP contribution in [0.2, 0.25) is 0 Å². The summed E-state index contributed by atoms with van der Waals surface area (Å²) in [6.07, 6.45) is 1.18. The zero-order valence-corrected chi connectivity index (χ0v) is 8.95. The molecule has 0 saturated heterocycles. The van der Waals surface area contributed by atoms with Crippen LogP contribution >= 0.6 is 15.9 Å². The Labute approximate surface area is 89.8 Å². The Morgan fingerprint density at radius 2 is 2.21 bits per heavy atom. The van der Waals surface area contributed by atoms with Crippen molar-refractivity contribution in [3.8, 4) is 5.75 Å². The molecule has 1 aromatic carbocycles. The van der Waals surface area contributed by atoms with Crippen LogP contribution in [0.5, 0.6) is 5.75 Å². The second kappa shape index (κ2) is 3.28. The summed E-state index contributed by atoms with van der Waals surface area (Å²) in [4.78, 5) is 10.8. The molecule has 1 saturated carbocycles. The van der Waals surface area contributed by atoms with E-state index in [2.05, 4.69) is 15.9 Å². The minimum Gasteiger partial charge on any atom is -0.478 e. The molecule has 2 rings (SSSR count). The predicted octanol–water partition coefficient (Wildman–Crippen LogP) is 2.45. The molecule has 1 aliphatic rings. The number of hydrogen-bond donors (Lipinski definition) is 1. The molecule has 0 bridgehead atoms. The zero-order chi connectivity index (χ0) is 10.2. The van der Waals surface area contributed by atoms with Crippen molar-refractivity contribution in [2.24, 2.45) is 0 Å². The molecule has 0 spiro atoms. The summed E-state index contributed by atoms with van der Waals surface area (Å²) in [7, 11) is 0. The lowest BCUT2D eigenvalue weighted by molar-refractivity contribution is -0.147. The monoisotopic (exact) mass is 256 g/mol. The molecule has 14 heavy (non-hydrogen) atoms. The molecule has 0 atom stereocenters. The first kappa shape index (κ1) is 9.52. The van der Waals surface area contributed by atoms with Crippen LogP contribution in [0.15, 0.2) is 28.7 Å². The molecule has 1 aromatic rings. The Balaban J connectivity index is 2.15. The molecule has 0 amide bonds. The maximum Gasteiger partial charge on any atom is 0.348 e. The van der Waals surface area contributed by atoms with Crippen molar-refractivity contribution in [2.75, 3.05) is 0 Å². The van der Waals surface area contributed by atoms with Crippen molar-refractivity contribution in [3.63, 3.8) is 0 Å². The summed E-state index contributed by atoms with van der Waals surface area (Å²) in [5.74, 6) is -0.281. The van der Waals surface area contributed by atoms with Crippen molar-refractivity contribution in [3.05, 3.63) is 28.7 Å². The minimum atomic E-state index is -0.958. The Kier molecular flexibility index (Phi) is 2.23. The Morgan fingerprint density at radius 1 is 1.50 bits per heavy atom. The largest absolute Gasteiger partial charge is 0.478 e. The topological polar surface area (TPSA) is 46.5 Å². The van der Waals surface area contributed by atoms with Gasteiger partial charge in [0, 0.05) is 17.3 Å². The zero-order valence-electron chi connectivity index (χ0n) is 7.37. The van der Waals surface area contributed by atoms with Crippen LogP contribution in [0, 0.1) is 0 Å². The second-order valence-electron chi connectivity index (χ2n) is 3.36. The molecular formula is C10H9BrO3. The highest BCUT2D eigenvalue weighted by Gasteiger charge is 2.53. The van der Waals surface area contributed by atoms with E-state index < -0.39 is 11.6 Å². The fourth-order valence-electron chi connectivity index (χ4n) is 1.23. The molecule has 1 fully saturated rings. The molecule has 4 heteroatoms. The molecular weight excluding hydrogens is 248 g/mol. The number of benzene rings is 1. The van der Waals surface area contributed by atoms with Crippen LogP contribution in [0.1, 0.15) is 12.8 Å². The highest BCUT2D eigenvalue weighted by molar-refractivity contribution is 9.10. The van der Waals surface area contributed by atoms with Gasteiger partial charge in [0.2, 0.25) is 5.60 Å². The van der Waals surface area contributed by atoms with Gasteiger partial charge in [-0.2, -0.15) is 0 Å². The standard InChI is InChI=1S/C10H9BrO3/c11-7-2-1-3-8(6-7)14-10(4-5-10)9(12)13/h1-3,6H,4-5H2,(H,12,13). The van der Waals surface area contributed by atoms with Gasteiger partial charge < -0.3 is 9.84 Å². The van der Waals surface area contributed by atoms with Gasteiger partial charge in [-0.15, -0.1) is 0 Å². The highest BCUT2D eigenvalue weighted by Crippen LogP contribution is 2.40. The second-order valence-corrected chi connectivity index (χ2v) is 4.27. The number of hydrogen-bond acceptors (Lipinski definition) is 2. The molecule has 1 N–H and O–H groups in total. The third kappa shape index (κ3) is 1.75. The lowest BCUT2D eigenvalue weighted by Crippen LogP contribution is -2.28. The van der Waals surface area contributed by atoms with Crippen molar-refractivity contribution in [1.82, 2.24) is 0 Å². The predicted molar refractivity (Wildman–Crippen MR) is 54.4 cm³/mol. The third-order valence-corrected chi connectivity index (χ3v) is 2.70. The molecule has 1 aliphatic carbocycles. The summed E-state index contributed by atoms with van der Waals surface area (Å²) in [5, 5.41) is 8.90. The summed E-state index contributed by atoms with van der Waals surface area (Å²) in [5.41, 5.74) is -0.958. The minimum absolute atomic E-state index is 0.592. The fraction of sp³-hybridized carbons (Fsp3) is 0.300. The Bertz CT molecular complexity index is 371. The van der Waals surface area contributed by atoms with Crippen molar-refractivity contribution >= 4 is 21.9 Å². The average molecular weight is 257 g/mol. The van der Waals surface area contributed by atoms with Crippen molar-refractivity contribution < 1.29 is 14.6 Å². The van der Waals surface area contributed by atoms with Crippen LogP contribution in [0.4, 0.5) is 0 Å². The van der Waals surface area contributed by atoms with Crippen LogP contribution in [0.25, 0.3) is 0 Å². The quantitative estimate of drug-likeness (QED) is 0.904. The van der Waals surface area contributed by atoms with Gasteiger partial charge in [0.15, 0.2) is 0 Å². The Hall–Kier alpha value is -1.03. The lowest BCUT2D eigenvalue weighted by atomic mass is 10.3. The van der Waals surface area contributed by atoms with Gasteiger partial charge in [-0.25, -0.2) is 4.79 Å². The van der Waals surface area contributed by atoms with Gasteiger partial charge in [0.05, 0.1) is 0 Å². The molecule has 0 aliphatic heterocycles. The van der Waals surface area contributed by atoms with Gasteiger partial charge in [-0.05, 0) is 18.2 Å². The van der Waals surface area contributed by atoms with Crippen molar-refractivity contribution in [2.45, 2.75) is 18.4 Å². The van der Waals surface area contributed by atoms with Crippen LogP contribution in [0.3, 0.4) is 0 Å². The SMILES string of the molecule is O=C(O)C1(Oc2cccc(Br)c2)CC1. The normalized spacial score (nSPS) is 17.5. The fourth-order valence-corrected chi connectivity index (χ4v) is 1.61. The molecule has 3 nitrogen and oxygen atoms in total. The van der Waals surface area contributed by atoms with Gasteiger partial charge >= 0.3 is 5.97 Å². The van der Waals surface area contributed by atoms with Crippen LogP contribution in [-0.2, 0) is 4.79 Å². The number of ether oxygens (including phenoxy) is 1. The first-order valence-corrected chi connectivity index (χ1v) is 5.10. The number of halogens is 1. The van der Waals surface area contributed by atoms with Gasteiger partial charge in [-0.1, -0.05) is 22.0 Å². The van der Waals surface area contributed by atoms with E-state index in [4.69, 9.17) is 9.84 Å². The van der Waals surface area contributed by atoms with Crippen molar-refractivity contribution in [1.29, 1.82) is 0 Å². The number of rotatable bonds is 3. The van der Waals surface area contributed by atoms with E-state index in [1.165, 1.54) is 0 Å². The van der Waals surface area contributed by atoms with E-state index in [1.807, 2.05) is 12.1 Å². The van der Waals surface area contributed by atoms with E-state index in [-0.39, 0.29) is 0 Å². The van der Waals surface area contributed by atoms with E-state index in [0.29, 0.717) is 18.6 Å². The Morgan fingerprint density at radius 3 is 2.71 bits per heavy atom.